The Morgan fingerprint density at radius 3 is 2.67 bits per heavy atom. The molecule has 3 rings (SSSR count). The van der Waals surface area contributed by atoms with Crippen LogP contribution in [0.3, 0.4) is 0 Å². The van der Waals surface area contributed by atoms with Gasteiger partial charge in [-0.25, -0.2) is 0 Å². The molecular formula is C16H17N3OS. The first-order valence-corrected chi connectivity index (χ1v) is 8.01. The van der Waals surface area contributed by atoms with Crippen molar-refractivity contribution >= 4 is 40.4 Å². The van der Waals surface area contributed by atoms with Crippen molar-refractivity contribution in [1.29, 1.82) is 0 Å². The third-order valence-electron chi connectivity index (χ3n) is 3.54. The normalized spacial score (nSPS) is 13.5. The van der Waals surface area contributed by atoms with E-state index in [1.807, 2.05) is 30.5 Å². The topological polar surface area (TPSA) is 67.1 Å². The average Bonchev–Trinajstić information content (AvgIpc) is 2.49. The lowest BCUT2D eigenvalue weighted by atomic mass is 10.0. The van der Waals surface area contributed by atoms with Crippen molar-refractivity contribution in [2.24, 2.45) is 0 Å². The molecule has 1 amide bonds. The van der Waals surface area contributed by atoms with Gasteiger partial charge in [0, 0.05) is 22.7 Å². The van der Waals surface area contributed by atoms with Crippen molar-refractivity contribution < 1.29 is 4.79 Å². The molecule has 1 aliphatic rings. The van der Waals surface area contributed by atoms with Gasteiger partial charge in [0.05, 0.1) is 11.4 Å². The van der Waals surface area contributed by atoms with E-state index >= 15 is 0 Å². The number of carbonyl (C=O) groups excluding carboxylic acids is 1. The highest BCUT2D eigenvalue weighted by molar-refractivity contribution is 7.98. The molecule has 4 N–H and O–H groups in total. The minimum absolute atomic E-state index is 0.0579. The summed E-state index contributed by atoms with van der Waals surface area (Å²) in [5.41, 5.74) is 10.5. The number of hydrogen-bond acceptors (Lipinski definition) is 4. The van der Waals surface area contributed by atoms with Gasteiger partial charge in [0.15, 0.2) is 0 Å². The minimum Gasteiger partial charge on any atom is -0.397 e. The largest absolute Gasteiger partial charge is 0.397 e. The predicted octanol–water partition coefficient (Wildman–Crippen LogP) is 3.62. The van der Waals surface area contributed by atoms with Crippen LogP contribution in [0.4, 0.5) is 22.7 Å². The Morgan fingerprint density at radius 2 is 1.95 bits per heavy atom. The molecule has 1 aliphatic heterocycles. The molecular weight excluding hydrogens is 282 g/mol. The number of anilines is 4. The van der Waals surface area contributed by atoms with E-state index in [0.29, 0.717) is 12.1 Å². The summed E-state index contributed by atoms with van der Waals surface area (Å²) in [5, 5.41) is 6.20. The number of nitrogen functional groups attached to an aromatic ring is 1. The number of hydrogen-bond donors (Lipinski definition) is 3. The van der Waals surface area contributed by atoms with Gasteiger partial charge >= 0.3 is 0 Å². The van der Waals surface area contributed by atoms with Gasteiger partial charge in [-0.15, -0.1) is 11.8 Å². The molecule has 0 fully saturated rings. The highest BCUT2D eigenvalue weighted by atomic mass is 32.2. The Hall–Kier alpha value is -2.14. The van der Waals surface area contributed by atoms with Gasteiger partial charge in [-0.1, -0.05) is 0 Å². The van der Waals surface area contributed by atoms with Crippen LogP contribution in [-0.4, -0.2) is 12.2 Å². The molecule has 0 spiro atoms. The highest BCUT2D eigenvalue weighted by Crippen LogP contribution is 2.33. The van der Waals surface area contributed by atoms with Crippen LogP contribution in [0, 0.1) is 0 Å². The van der Waals surface area contributed by atoms with Crippen LogP contribution in [0.25, 0.3) is 0 Å². The van der Waals surface area contributed by atoms with E-state index in [9.17, 15) is 4.79 Å². The number of amides is 1. The maximum absolute atomic E-state index is 11.5. The van der Waals surface area contributed by atoms with E-state index in [0.717, 1.165) is 29.0 Å². The van der Waals surface area contributed by atoms with Crippen LogP contribution >= 0.6 is 11.8 Å². The summed E-state index contributed by atoms with van der Waals surface area (Å²) in [6.45, 7) is 0. The Labute approximate surface area is 128 Å². The Balaban J connectivity index is 1.87. The number of benzene rings is 2. The molecule has 0 aliphatic carbocycles. The summed E-state index contributed by atoms with van der Waals surface area (Å²) >= 11 is 1.71. The molecule has 0 aromatic heterocycles. The lowest BCUT2D eigenvalue weighted by Crippen LogP contribution is -2.19. The molecule has 0 saturated carbocycles. The molecule has 5 heteroatoms. The van der Waals surface area contributed by atoms with E-state index in [1.165, 1.54) is 4.90 Å². The summed E-state index contributed by atoms with van der Waals surface area (Å²) in [5.74, 6) is 0.0579. The van der Waals surface area contributed by atoms with Crippen LogP contribution in [0.5, 0.6) is 0 Å². The first-order valence-electron chi connectivity index (χ1n) is 6.79. The molecule has 0 unspecified atom stereocenters. The summed E-state index contributed by atoms with van der Waals surface area (Å²) < 4.78 is 0. The van der Waals surface area contributed by atoms with Crippen LogP contribution in [0.1, 0.15) is 12.0 Å². The van der Waals surface area contributed by atoms with Crippen LogP contribution in [0.15, 0.2) is 41.3 Å². The number of thioether (sulfide) groups is 1. The quantitative estimate of drug-likeness (QED) is 0.598. The fourth-order valence-corrected chi connectivity index (χ4v) is 2.79. The smallest absolute Gasteiger partial charge is 0.224 e. The molecule has 108 valence electrons. The van der Waals surface area contributed by atoms with Gasteiger partial charge in [-0.2, -0.15) is 0 Å². The first kappa shape index (κ1) is 13.8. The maximum atomic E-state index is 11.5. The number of aryl methyl sites for hydroxylation is 1. The highest BCUT2D eigenvalue weighted by Gasteiger charge is 2.16. The van der Waals surface area contributed by atoms with Gasteiger partial charge in [0.2, 0.25) is 5.91 Å². The Kier molecular flexibility index (Phi) is 3.75. The van der Waals surface area contributed by atoms with E-state index in [1.54, 1.807) is 11.8 Å². The third-order valence-corrected chi connectivity index (χ3v) is 4.28. The van der Waals surface area contributed by atoms with E-state index in [2.05, 4.69) is 22.8 Å². The van der Waals surface area contributed by atoms with E-state index in [4.69, 9.17) is 5.73 Å². The molecule has 0 bridgehead atoms. The van der Waals surface area contributed by atoms with E-state index < -0.39 is 0 Å². The van der Waals surface area contributed by atoms with Crippen molar-refractivity contribution in [2.45, 2.75) is 17.7 Å². The van der Waals surface area contributed by atoms with Gasteiger partial charge in [-0.3, -0.25) is 4.79 Å². The molecule has 1 heterocycles. The van der Waals surface area contributed by atoms with Crippen LogP contribution < -0.4 is 16.4 Å². The van der Waals surface area contributed by atoms with Gasteiger partial charge in [-0.05, 0) is 54.6 Å². The van der Waals surface area contributed by atoms with Crippen molar-refractivity contribution in [1.82, 2.24) is 0 Å². The number of fused-ring (bicyclic) bond motifs is 1. The zero-order valence-corrected chi connectivity index (χ0v) is 12.6. The van der Waals surface area contributed by atoms with Crippen molar-refractivity contribution in [3.05, 3.63) is 42.0 Å². The Bertz CT molecular complexity index is 683. The standard InChI is InChI=1S/C16H17N3OS/c1-21-12-5-3-11(4-6-12)18-15-9-14-10(8-13(15)17)2-7-16(20)19-14/h3-6,8-9,18H,2,7,17H2,1H3,(H,19,20). The third kappa shape index (κ3) is 2.97. The average molecular weight is 299 g/mol. The van der Waals surface area contributed by atoms with E-state index in [-0.39, 0.29) is 5.91 Å². The summed E-state index contributed by atoms with van der Waals surface area (Å²) in [7, 11) is 0. The second-order valence-corrected chi connectivity index (χ2v) is 5.88. The molecule has 0 saturated heterocycles. The molecule has 0 radical (unpaired) electrons. The predicted molar refractivity (Wildman–Crippen MR) is 89.3 cm³/mol. The number of rotatable bonds is 3. The van der Waals surface area contributed by atoms with Gasteiger partial charge in [0.25, 0.3) is 0 Å². The van der Waals surface area contributed by atoms with Crippen LogP contribution in [0.2, 0.25) is 0 Å². The molecule has 2 aromatic carbocycles. The second kappa shape index (κ2) is 5.69. The fourth-order valence-electron chi connectivity index (χ4n) is 2.39. The molecule has 2 aromatic rings. The lowest BCUT2D eigenvalue weighted by molar-refractivity contribution is -0.116. The molecule has 4 nitrogen and oxygen atoms in total. The maximum Gasteiger partial charge on any atom is 0.224 e. The molecule has 0 atom stereocenters. The van der Waals surface area contributed by atoms with Gasteiger partial charge in [0.1, 0.15) is 0 Å². The minimum atomic E-state index is 0.0579. The van der Waals surface area contributed by atoms with Crippen molar-refractivity contribution in [3.8, 4) is 0 Å². The summed E-state index contributed by atoms with van der Waals surface area (Å²) in [6, 6.07) is 12.0. The van der Waals surface area contributed by atoms with Crippen molar-refractivity contribution in [2.75, 3.05) is 22.6 Å². The monoisotopic (exact) mass is 299 g/mol. The molecule has 21 heavy (non-hydrogen) atoms. The lowest BCUT2D eigenvalue weighted by Gasteiger charge is -2.20. The fraction of sp³-hybridized carbons (Fsp3) is 0.188. The van der Waals surface area contributed by atoms with Gasteiger partial charge < -0.3 is 16.4 Å². The number of nitrogens with one attached hydrogen (secondary N) is 2. The van der Waals surface area contributed by atoms with Crippen LogP contribution in [-0.2, 0) is 11.2 Å². The number of nitrogens with two attached hydrogens (primary N) is 1. The SMILES string of the molecule is CSc1ccc(Nc2cc3c(cc2N)CCC(=O)N3)cc1. The Morgan fingerprint density at radius 1 is 1.19 bits per heavy atom. The first-order chi connectivity index (χ1) is 10.2. The zero-order valence-electron chi connectivity index (χ0n) is 11.8. The second-order valence-electron chi connectivity index (χ2n) is 5.00. The summed E-state index contributed by atoms with van der Waals surface area (Å²) in [4.78, 5) is 12.7. The summed E-state index contributed by atoms with van der Waals surface area (Å²) in [6.07, 6.45) is 3.32. The zero-order chi connectivity index (χ0) is 14.8. The van der Waals surface area contributed by atoms with Crippen molar-refractivity contribution in [3.63, 3.8) is 0 Å². The number of carbonyl (C=O) groups is 1.